The fraction of sp³-hybridized carbons (Fsp3) is 0.250. The minimum atomic E-state index is -1.18. The van der Waals surface area contributed by atoms with Crippen LogP contribution in [0, 0.1) is 10.1 Å². The van der Waals surface area contributed by atoms with Gasteiger partial charge in [0, 0.05) is 35.5 Å². The summed E-state index contributed by atoms with van der Waals surface area (Å²) in [7, 11) is 2.87. The fourth-order valence-corrected chi connectivity index (χ4v) is 4.48. The van der Waals surface area contributed by atoms with E-state index >= 15 is 0 Å². The molecular formula is C28H28N4O8. The van der Waals surface area contributed by atoms with Gasteiger partial charge in [0.15, 0.2) is 11.5 Å². The number of ether oxygens (including phenoxy) is 2. The number of rotatable bonds is 10. The first-order valence-electron chi connectivity index (χ1n) is 12.4. The van der Waals surface area contributed by atoms with Gasteiger partial charge in [0.25, 0.3) is 17.5 Å². The number of carboxylic acid groups (broad SMARTS) is 1. The number of methoxy groups -OCH3 is 2. The molecule has 3 aromatic rings. The van der Waals surface area contributed by atoms with Gasteiger partial charge >= 0.3 is 5.97 Å². The summed E-state index contributed by atoms with van der Waals surface area (Å²) in [4.78, 5) is 48.8. The predicted molar refractivity (Wildman–Crippen MR) is 145 cm³/mol. The zero-order valence-corrected chi connectivity index (χ0v) is 21.9. The van der Waals surface area contributed by atoms with Crippen molar-refractivity contribution in [3.63, 3.8) is 0 Å². The SMILES string of the molecule is COc1ccc(C(CC(=O)O)NC(=O)c2cc(C(=O)Nc3ccc4c(c3)CNCC4)cc([N+](=O)[O-])c2)cc1OC. The number of non-ortho nitro benzene ring substituents is 1. The maximum Gasteiger partial charge on any atom is 0.305 e. The van der Waals surface area contributed by atoms with Gasteiger partial charge in [-0.25, -0.2) is 0 Å². The first kappa shape index (κ1) is 28.0. The third-order valence-corrected chi connectivity index (χ3v) is 6.50. The van der Waals surface area contributed by atoms with Crippen LogP contribution >= 0.6 is 0 Å². The molecule has 3 aromatic carbocycles. The Labute approximate surface area is 229 Å². The van der Waals surface area contributed by atoms with Crippen molar-refractivity contribution in [2.24, 2.45) is 0 Å². The van der Waals surface area contributed by atoms with E-state index in [9.17, 15) is 29.6 Å². The van der Waals surface area contributed by atoms with E-state index in [1.165, 1.54) is 31.9 Å². The van der Waals surface area contributed by atoms with Crippen molar-refractivity contribution in [3.8, 4) is 11.5 Å². The van der Waals surface area contributed by atoms with Gasteiger partial charge in [-0.15, -0.1) is 0 Å². The van der Waals surface area contributed by atoms with E-state index in [1.54, 1.807) is 18.2 Å². The number of nitrogens with zero attached hydrogens (tertiary/aromatic N) is 1. The van der Waals surface area contributed by atoms with Gasteiger partial charge in [0.05, 0.1) is 31.6 Å². The molecule has 4 N–H and O–H groups in total. The molecule has 4 rings (SSSR count). The van der Waals surface area contributed by atoms with E-state index in [-0.39, 0.29) is 11.1 Å². The van der Waals surface area contributed by atoms with E-state index < -0.39 is 40.9 Å². The molecule has 208 valence electrons. The summed E-state index contributed by atoms with van der Waals surface area (Å²) in [6.45, 7) is 1.54. The number of carbonyl (C=O) groups excluding carboxylic acids is 2. The van der Waals surface area contributed by atoms with Crippen LogP contribution in [0.3, 0.4) is 0 Å². The molecule has 40 heavy (non-hydrogen) atoms. The minimum Gasteiger partial charge on any atom is -0.493 e. The van der Waals surface area contributed by atoms with Crippen molar-refractivity contribution >= 4 is 29.2 Å². The summed E-state index contributed by atoms with van der Waals surface area (Å²) < 4.78 is 10.5. The van der Waals surface area contributed by atoms with Crippen LogP contribution in [0.2, 0.25) is 0 Å². The van der Waals surface area contributed by atoms with Crippen molar-refractivity contribution < 1.29 is 33.9 Å². The fourth-order valence-electron chi connectivity index (χ4n) is 4.48. The number of hydrogen-bond acceptors (Lipinski definition) is 8. The van der Waals surface area contributed by atoms with Gasteiger partial charge in [0.2, 0.25) is 0 Å². The van der Waals surface area contributed by atoms with Crippen LogP contribution in [-0.2, 0) is 17.8 Å². The third-order valence-electron chi connectivity index (χ3n) is 6.50. The molecule has 0 radical (unpaired) electrons. The molecule has 1 aliphatic rings. The Bertz CT molecular complexity index is 1470. The van der Waals surface area contributed by atoms with Crippen LogP contribution in [0.5, 0.6) is 11.5 Å². The predicted octanol–water partition coefficient (Wildman–Crippen LogP) is 3.46. The molecule has 1 atom stereocenters. The number of nitro benzene ring substituents is 1. The van der Waals surface area contributed by atoms with Crippen LogP contribution in [0.4, 0.5) is 11.4 Å². The normalized spacial score (nSPS) is 12.9. The Kier molecular flexibility index (Phi) is 8.60. The lowest BCUT2D eigenvalue weighted by atomic mass is 10.0. The van der Waals surface area contributed by atoms with Gasteiger partial charge in [-0.3, -0.25) is 24.5 Å². The lowest BCUT2D eigenvalue weighted by Crippen LogP contribution is -2.30. The maximum absolute atomic E-state index is 13.2. The highest BCUT2D eigenvalue weighted by Crippen LogP contribution is 2.31. The smallest absolute Gasteiger partial charge is 0.305 e. The average molecular weight is 549 g/mol. The molecule has 0 saturated heterocycles. The molecule has 12 heteroatoms. The number of carbonyl (C=O) groups is 3. The number of benzene rings is 3. The number of nitrogens with one attached hydrogen (secondary N) is 3. The molecule has 0 aliphatic carbocycles. The number of anilines is 1. The summed E-state index contributed by atoms with van der Waals surface area (Å²) in [5, 5.41) is 29.7. The average Bonchev–Trinajstić information content (AvgIpc) is 2.95. The van der Waals surface area contributed by atoms with Crippen LogP contribution in [0.15, 0.2) is 54.6 Å². The standard InChI is InChI=1S/C28H28N4O8/c1-39-24-6-4-17(13-25(24)40-2)23(14-26(33)34)31-28(36)19-9-18(11-22(12-19)32(37)38)27(35)30-21-5-3-16-7-8-29-15-20(16)10-21/h3-6,9-13,23,29H,7-8,14-15H2,1-2H3,(H,30,35)(H,31,36)(H,33,34). The second-order valence-corrected chi connectivity index (χ2v) is 9.13. The van der Waals surface area contributed by atoms with Crippen molar-refractivity contribution in [1.82, 2.24) is 10.6 Å². The van der Waals surface area contributed by atoms with Gasteiger partial charge in [-0.2, -0.15) is 0 Å². The van der Waals surface area contributed by atoms with Crippen molar-refractivity contribution in [3.05, 3.63) is 92.5 Å². The number of nitro groups is 1. The van der Waals surface area contributed by atoms with Crippen LogP contribution in [-0.4, -0.2) is 48.6 Å². The summed E-state index contributed by atoms with van der Waals surface area (Å²) >= 11 is 0. The molecule has 0 spiro atoms. The Morgan fingerprint density at radius 2 is 1.70 bits per heavy atom. The van der Waals surface area contributed by atoms with E-state index in [0.29, 0.717) is 29.3 Å². The minimum absolute atomic E-state index is 0.101. The lowest BCUT2D eigenvalue weighted by molar-refractivity contribution is -0.384. The maximum atomic E-state index is 13.2. The van der Waals surface area contributed by atoms with Gasteiger partial charge in [-0.1, -0.05) is 12.1 Å². The van der Waals surface area contributed by atoms with E-state index in [0.717, 1.165) is 30.7 Å². The number of amides is 2. The Morgan fingerprint density at radius 1 is 0.975 bits per heavy atom. The highest BCUT2D eigenvalue weighted by molar-refractivity contribution is 6.07. The van der Waals surface area contributed by atoms with E-state index in [1.807, 2.05) is 12.1 Å². The topological polar surface area (TPSA) is 169 Å². The third kappa shape index (κ3) is 6.53. The highest BCUT2D eigenvalue weighted by atomic mass is 16.6. The summed E-state index contributed by atoms with van der Waals surface area (Å²) in [6, 6.07) is 12.5. The van der Waals surface area contributed by atoms with E-state index in [4.69, 9.17) is 9.47 Å². The van der Waals surface area contributed by atoms with Crippen LogP contribution < -0.4 is 25.4 Å². The number of carboxylic acids is 1. The second-order valence-electron chi connectivity index (χ2n) is 9.13. The second kappa shape index (κ2) is 12.3. The molecular weight excluding hydrogens is 520 g/mol. The zero-order chi connectivity index (χ0) is 28.8. The summed E-state index contributed by atoms with van der Waals surface area (Å²) in [5.41, 5.74) is 2.41. The molecule has 0 saturated carbocycles. The van der Waals surface area contributed by atoms with Crippen molar-refractivity contribution in [2.45, 2.75) is 25.4 Å². The number of hydrogen-bond donors (Lipinski definition) is 4. The highest BCUT2D eigenvalue weighted by Gasteiger charge is 2.24. The van der Waals surface area contributed by atoms with Crippen molar-refractivity contribution in [1.29, 1.82) is 0 Å². The Hall–Kier alpha value is -4.97. The molecule has 0 fully saturated rings. The first-order chi connectivity index (χ1) is 19.2. The monoisotopic (exact) mass is 548 g/mol. The van der Waals surface area contributed by atoms with Gasteiger partial charge in [-0.05, 0) is 60.0 Å². The zero-order valence-electron chi connectivity index (χ0n) is 21.9. The molecule has 12 nitrogen and oxygen atoms in total. The molecule has 1 heterocycles. The first-order valence-corrected chi connectivity index (χ1v) is 12.4. The number of aliphatic carboxylic acids is 1. The summed E-state index contributed by atoms with van der Waals surface area (Å²) in [5.74, 6) is -1.87. The molecule has 0 bridgehead atoms. The van der Waals surface area contributed by atoms with Crippen molar-refractivity contribution in [2.75, 3.05) is 26.1 Å². The van der Waals surface area contributed by atoms with Crippen LogP contribution in [0.25, 0.3) is 0 Å². The lowest BCUT2D eigenvalue weighted by Gasteiger charge is -2.19. The Morgan fingerprint density at radius 3 is 2.38 bits per heavy atom. The summed E-state index contributed by atoms with van der Waals surface area (Å²) in [6.07, 6.45) is 0.399. The molecule has 2 amide bonds. The van der Waals surface area contributed by atoms with Gasteiger partial charge in [0.1, 0.15) is 0 Å². The van der Waals surface area contributed by atoms with Gasteiger partial charge < -0.3 is 30.5 Å². The Balaban J connectivity index is 1.61. The van der Waals surface area contributed by atoms with Crippen LogP contribution in [0.1, 0.15) is 49.9 Å². The largest absolute Gasteiger partial charge is 0.493 e. The molecule has 0 aromatic heterocycles. The quantitative estimate of drug-likeness (QED) is 0.219. The molecule has 1 aliphatic heterocycles. The number of fused-ring (bicyclic) bond motifs is 1. The molecule has 1 unspecified atom stereocenters. The van der Waals surface area contributed by atoms with E-state index in [2.05, 4.69) is 16.0 Å².